The maximum atomic E-state index is 12.0. The fourth-order valence-corrected chi connectivity index (χ4v) is 3.21. The second kappa shape index (κ2) is 6.25. The Morgan fingerprint density at radius 3 is 2.89 bits per heavy atom. The molecule has 98 valence electrons. The highest BCUT2D eigenvalue weighted by atomic mass is 32.2. The molecule has 18 heavy (non-hydrogen) atoms. The van der Waals surface area contributed by atoms with Gasteiger partial charge in [0.15, 0.2) is 0 Å². The van der Waals surface area contributed by atoms with Crippen molar-refractivity contribution in [3.8, 4) is 0 Å². The van der Waals surface area contributed by atoms with Crippen molar-refractivity contribution in [3.05, 3.63) is 29.8 Å². The highest BCUT2D eigenvalue weighted by molar-refractivity contribution is 8.01. The molecule has 1 aliphatic rings. The van der Waals surface area contributed by atoms with Gasteiger partial charge in [-0.25, -0.2) is 0 Å². The lowest BCUT2D eigenvalue weighted by atomic mass is 10.1. The van der Waals surface area contributed by atoms with E-state index in [-0.39, 0.29) is 11.2 Å². The molecule has 1 unspecified atom stereocenters. The van der Waals surface area contributed by atoms with Gasteiger partial charge in [0.1, 0.15) is 0 Å². The Morgan fingerprint density at radius 1 is 1.39 bits per heavy atom. The van der Waals surface area contributed by atoms with Gasteiger partial charge < -0.3 is 10.6 Å². The van der Waals surface area contributed by atoms with E-state index < -0.39 is 0 Å². The molecule has 0 saturated heterocycles. The van der Waals surface area contributed by atoms with Crippen LogP contribution in [0.15, 0.2) is 29.2 Å². The molecule has 1 aromatic rings. The lowest BCUT2D eigenvalue weighted by molar-refractivity contribution is -0.120. The molecule has 0 radical (unpaired) electrons. The molecule has 2 N–H and O–H groups in total. The molecule has 0 bridgehead atoms. The van der Waals surface area contributed by atoms with Crippen molar-refractivity contribution >= 4 is 17.7 Å². The molecule has 0 spiro atoms. The van der Waals surface area contributed by atoms with Crippen LogP contribution in [0, 0.1) is 0 Å². The summed E-state index contributed by atoms with van der Waals surface area (Å²) in [5.41, 5.74) is 1.29. The summed E-state index contributed by atoms with van der Waals surface area (Å²) in [4.78, 5) is 13.2. The van der Waals surface area contributed by atoms with Crippen LogP contribution >= 0.6 is 11.8 Å². The number of nitrogens with one attached hydrogen (secondary N) is 2. The van der Waals surface area contributed by atoms with Gasteiger partial charge in [0.2, 0.25) is 5.91 Å². The number of carbonyl (C=O) groups excluding carboxylic acids is 1. The van der Waals surface area contributed by atoms with Gasteiger partial charge >= 0.3 is 0 Å². The first-order valence-corrected chi connectivity index (χ1v) is 7.30. The molecule has 0 fully saturated rings. The lowest BCUT2D eigenvalue weighted by Gasteiger charge is -2.11. The Hall–Kier alpha value is -1.00. The van der Waals surface area contributed by atoms with E-state index in [9.17, 15) is 4.79 Å². The van der Waals surface area contributed by atoms with Crippen molar-refractivity contribution in [1.29, 1.82) is 0 Å². The maximum absolute atomic E-state index is 12.0. The van der Waals surface area contributed by atoms with Crippen LogP contribution in [0.3, 0.4) is 0 Å². The van der Waals surface area contributed by atoms with E-state index in [1.54, 1.807) is 11.8 Å². The van der Waals surface area contributed by atoms with Crippen molar-refractivity contribution in [2.24, 2.45) is 0 Å². The maximum Gasteiger partial charge on any atom is 0.233 e. The van der Waals surface area contributed by atoms with E-state index in [4.69, 9.17) is 0 Å². The highest BCUT2D eigenvalue weighted by Crippen LogP contribution is 2.36. The third kappa shape index (κ3) is 3.50. The van der Waals surface area contributed by atoms with Gasteiger partial charge in [-0.05, 0) is 18.1 Å². The summed E-state index contributed by atoms with van der Waals surface area (Å²) in [5.74, 6) is 0.154. The minimum absolute atomic E-state index is 0.0430. The SMILES string of the molecule is CC(C)NCCNC(=O)C1Cc2ccccc2S1. The van der Waals surface area contributed by atoms with Crippen LogP contribution in [0.1, 0.15) is 19.4 Å². The molecule has 1 heterocycles. The van der Waals surface area contributed by atoms with Crippen LogP contribution in [-0.4, -0.2) is 30.3 Å². The van der Waals surface area contributed by atoms with E-state index in [1.165, 1.54) is 10.5 Å². The first kappa shape index (κ1) is 13.4. The molecule has 0 aromatic heterocycles. The number of hydrogen-bond acceptors (Lipinski definition) is 3. The van der Waals surface area contributed by atoms with E-state index >= 15 is 0 Å². The summed E-state index contributed by atoms with van der Waals surface area (Å²) in [6.07, 6.45) is 0.851. The molecule has 3 nitrogen and oxygen atoms in total. The molecular weight excluding hydrogens is 244 g/mol. The Morgan fingerprint density at radius 2 is 2.17 bits per heavy atom. The van der Waals surface area contributed by atoms with E-state index in [0.717, 1.165) is 13.0 Å². The van der Waals surface area contributed by atoms with Crippen molar-refractivity contribution < 1.29 is 4.79 Å². The predicted molar refractivity (Wildman–Crippen MR) is 75.9 cm³/mol. The van der Waals surface area contributed by atoms with Crippen LogP contribution < -0.4 is 10.6 Å². The van der Waals surface area contributed by atoms with Crippen molar-refractivity contribution in [2.75, 3.05) is 13.1 Å². The Balaban J connectivity index is 1.76. The molecule has 0 aliphatic carbocycles. The summed E-state index contributed by atoms with van der Waals surface area (Å²) in [5, 5.41) is 6.32. The standard InChI is InChI=1S/C14H20N2OS/c1-10(2)15-7-8-16-14(17)13-9-11-5-3-4-6-12(11)18-13/h3-6,10,13,15H,7-9H2,1-2H3,(H,16,17). The van der Waals surface area contributed by atoms with Gasteiger partial charge in [0.25, 0.3) is 0 Å². The smallest absolute Gasteiger partial charge is 0.233 e. The second-order valence-corrected chi connectivity index (χ2v) is 6.06. The van der Waals surface area contributed by atoms with Crippen LogP contribution in [0.4, 0.5) is 0 Å². The Kier molecular flexibility index (Phi) is 4.66. The minimum Gasteiger partial charge on any atom is -0.354 e. The van der Waals surface area contributed by atoms with Gasteiger partial charge in [-0.15, -0.1) is 11.8 Å². The number of rotatable bonds is 5. The highest BCUT2D eigenvalue weighted by Gasteiger charge is 2.27. The summed E-state index contributed by atoms with van der Waals surface area (Å²) in [6, 6.07) is 8.72. The average Bonchev–Trinajstić information content (AvgIpc) is 2.78. The molecule has 2 rings (SSSR count). The number of benzene rings is 1. The number of fused-ring (bicyclic) bond motifs is 1. The lowest BCUT2D eigenvalue weighted by Crippen LogP contribution is -2.38. The fourth-order valence-electron chi connectivity index (χ4n) is 1.99. The van der Waals surface area contributed by atoms with Crippen LogP contribution in [-0.2, 0) is 11.2 Å². The van der Waals surface area contributed by atoms with E-state index in [1.807, 2.05) is 12.1 Å². The Bertz CT molecular complexity index is 395. The monoisotopic (exact) mass is 264 g/mol. The van der Waals surface area contributed by atoms with Gasteiger partial charge in [0.05, 0.1) is 5.25 Å². The molecule has 0 saturated carbocycles. The van der Waals surface area contributed by atoms with E-state index in [0.29, 0.717) is 12.6 Å². The quantitative estimate of drug-likeness (QED) is 0.797. The van der Waals surface area contributed by atoms with E-state index in [2.05, 4.69) is 36.6 Å². The zero-order chi connectivity index (χ0) is 13.0. The number of amides is 1. The number of carbonyl (C=O) groups is 1. The van der Waals surface area contributed by atoms with Crippen molar-refractivity contribution in [1.82, 2.24) is 10.6 Å². The summed E-state index contributed by atoms with van der Waals surface area (Å²) < 4.78 is 0. The van der Waals surface area contributed by atoms with Gasteiger partial charge in [-0.1, -0.05) is 32.0 Å². The normalized spacial score (nSPS) is 17.8. The zero-order valence-corrected chi connectivity index (χ0v) is 11.7. The third-order valence-corrected chi connectivity index (χ3v) is 4.23. The van der Waals surface area contributed by atoms with Crippen molar-refractivity contribution in [3.63, 3.8) is 0 Å². The van der Waals surface area contributed by atoms with Gasteiger partial charge in [-0.3, -0.25) is 4.79 Å². The molecule has 1 amide bonds. The van der Waals surface area contributed by atoms with Crippen LogP contribution in [0.2, 0.25) is 0 Å². The van der Waals surface area contributed by atoms with Crippen LogP contribution in [0.25, 0.3) is 0 Å². The summed E-state index contributed by atoms with van der Waals surface area (Å²) in [6.45, 7) is 5.73. The van der Waals surface area contributed by atoms with Gasteiger partial charge in [0, 0.05) is 24.0 Å². The molecule has 1 atom stereocenters. The summed E-state index contributed by atoms with van der Waals surface area (Å²) >= 11 is 1.68. The van der Waals surface area contributed by atoms with Crippen LogP contribution in [0.5, 0.6) is 0 Å². The molecule has 1 aliphatic heterocycles. The average molecular weight is 264 g/mol. The molecular formula is C14H20N2OS. The van der Waals surface area contributed by atoms with Crippen molar-refractivity contribution in [2.45, 2.75) is 36.5 Å². The first-order valence-electron chi connectivity index (χ1n) is 6.42. The largest absolute Gasteiger partial charge is 0.354 e. The minimum atomic E-state index is 0.0430. The number of hydrogen-bond donors (Lipinski definition) is 2. The number of thioether (sulfide) groups is 1. The zero-order valence-electron chi connectivity index (χ0n) is 10.9. The predicted octanol–water partition coefficient (Wildman–Crippen LogP) is 1.82. The van der Waals surface area contributed by atoms with Gasteiger partial charge in [-0.2, -0.15) is 0 Å². The fraction of sp³-hybridized carbons (Fsp3) is 0.500. The third-order valence-electron chi connectivity index (χ3n) is 2.92. The second-order valence-electron chi connectivity index (χ2n) is 4.82. The summed E-state index contributed by atoms with van der Waals surface area (Å²) in [7, 11) is 0. The molecule has 4 heteroatoms. The molecule has 1 aromatic carbocycles. The first-order chi connectivity index (χ1) is 8.66. The Labute approximate surface area is 113 Å². The topological polar surface area (TPSA) is 41.1 Å².